The van der Waals surface area contributed by atoms with Crippen LogP contribution in [-0.4, -0.2) is 38.7 Å². The van der Waals surface area contributed by atoms with E-state index in [2.05, 4.69) is 25.1 Å². The molecule has 0 saturated heterocycles. The van der Waals surface area contributed by atoms with Crippen LogP contribution >= 0.6 is 0 Å². The third kappa shape index (κ3) is 3.20. The van der Waals surface area contributed by atoms with Gasteiger partial charge in [0.1, 0.15) is 12.1 Å². The van der Waals surface area contributed by atoms with Gasteiger partial charge in [0.25, 0.3) is 0 Å². The van der Waals surface area contributed by atoms with Gasteiger partial charge in [-0.2, -0.15) is 0 Å². The van der Waals surface area contributed by atoms with Crippen molar-refractivity contribution in [1.82, 2.24) is 25.1 Å². The van der Waals surface area contributed by atoms with Crippen molar-refractivity contribution in [2.45, 2.75) is 19.5 Å². The van der Waals surface area contributed by atoms with Gasteiger partial charge in [-0.15, -0.1) is 10.2 Å². The molecule has 3 heterocycles. The summed E-state index contributed by atoms with van der Waals surface area (Å²) < 4.78 is 24.0. The first-order valence-electron chi connectivity index (χ1n) is 7.90. The van der Waals surface area contributed by atoms with Crippen LogP contribution in [0.25, 0.3) is 11.5 Å². The topological polar surface area (TPSA) is 77.2 Å². The molecule has 0 unspecified atom stereocenters. The molecule has 0 fully saturated rings. The third-order valence-electron chi connectivity index (χ3n) is 4.15. The van der Waals surface area contributed by atoms with Crippen LogP contribution < -0.4 is 4.74 Å². The number of ether oxygens (including phenoxy) is 1. The van der Waals surface area contributed by atoms with Crippen molar-refractivity contribution in [2.24, 2.45) is 0 Å². The quantitative estimate of drug-likeness (QED) is 0.720. The van der Waals surface area contributed by atoms with Crippen LogP contribution in [0.3, 0.4) is 0 Å². The van der Waals surface area contributed by atoms with Crippen LogP contribution in [-0.2, 0) is 19.5 Å². The molecule has 0 atom stereocenters. The summed E-state index contributed by atoms with van der Waals surface area (Å²) in [5.41, 5.74) is 2.70. The monoisotopic (exact) mass is 341 g/mol. The average Bonchev–Trinajstić information content (AvgIpc) is 3.10. The van der Waals surface area contributed by atoms with Gasteiger partial charge in [0.05, 0.1) is 19.3 Å². The fraction of sp³-hybridized carbons (Fsp3) is 0.294. The molecule has 1 aliphatic rings. The number of benzene rings is 1. The Balaban J connectivity index is 1.49. The molecular formula is C17H16FN5O2. The standard InChI is InChI=1S/C17H16FN5O2/c1-24-17-13-8-23(7-6-14(13)19-10-20-17)9-15-21-22-16(25-15)11-2-4-12(18)5-3-11/h2-5,10H,6-9H2,1H3. The molecule has 0 radical (unpaired) electrons. The summed E-state index contributed by atoms with van der Waals surface area (Å²) in [6.45, 7) is 2.01. The highest BCUT2D eigenvalue weighted by atomic mass is 19.1. The Kier molecular flexibility index (Phi) is 4.10. The van der Waals surface area contributed by atoms with Crippen molar-refractivity contribution in [2.75, 3.05) is 13.7 Å². The van der Waals surface area contributed by atoms with Gasteiger partial charge < -0.3 is 9.15 Å². The minimum Gasteiger partial charge on any atom is -0.481 e. The molecule has 2 aromatic heterocycles. The number of fused-ring (bicyclic) bond motifs is 1. The first-order valence-corrected chi connectivity index (χ1v) is 7.90. The Morgan fingerprint density at radius 1 is 1.20 bits per heavy atom. The number of aromatic nitrogens is 4. The number of methoxy groups -OCH3 is 1. The molecule has 1 aliphatic heterocycles. The lowest BCUT2D eigenvalue weighted by Crippen LogP contribution is -2.31. The van der Waals surface area contributed by atoms with Crippen LogP contribution in [0.1, 0.15) is 17.1 Å². The molecule has 8 heteroatoms. The van der Waals surface area contributed by atoms with E-state index in [0.717, 1.165) is 24.2 Å². The summed E-state index contributed by atoms with van der Waals surface area (Å²) in [5, 5.41) is 8.14. The fourth-order valence-electron chi connectivity index (χ4n) is 2.90. The molecule has 0 spiro atoms. The van der Waals surface area contributed by atoms with Gasteiger partial charge in [-0.3, -0.25) is 4.90 Å². The largest absolute Gasteiger partial charge is 0.481 e. The smallest absolute Gasteiger partial charge is 0.247 e. The third-order valence-corrected chi connectivity index (χ3v) is 4.15. The zero-order chi connectivity index (χ0) is 17.2. The highest BCUT2D eigenvalue weighted by Crippen LogP contribution is 2.25. The molecule has 0 amide bonds. The van der Waals surface area contributed by atoms with Crippen LogP contribution in [0, 0.1) is 5.82 Å². The van der Waals surface area contributed by atoms with E-state index in [4.69, 9.17) is 9.15 Å². The van der Waals surface area contributed by atoms with Crippen molar-refractivity contribution in [3.05, 3.63) is 53.6 Å². The van der Waals surface area contributed by atoms with E-state index in [9.17, 15) is 4.39 Å². The molecule has 25 heavy (non-hydrogen) atoms. The SMILES string of the molecule is COc1ncnc2c1CN(Cc1nnc(-c3ccc(F)cc3)o1)CC2. The molecule has 0 aliphatic carbocycles. The molecule has 3 aromatic rings. The second-order valence-electron chi connectivity index (χ2n) is 5.78. The van der Waals surface area contributed by atoms with Gasteiger partial charge >= 0.3 is 0 Å². The molecule has 1 aromatic carbocycles. The second kappa shape index (κ2) is 6.56. The maximum Gasteiger partial charge on any atom is 0.247 e. The molecule has 0 N–H and O–H groups in total. The molecule has 128 valence electrons. The molecule has 0 bridgehead atoms. The number of hydrogen-bond acceptors (Lipinski definition) is 7. The first-order chi connectivity index (χ1) is 12.2. The van der Waals surface area contributed by atoms with E-state index in [1.54, 1.807) is 19.2 Å². The van der Waals surface area contributed by atoms with Crippen molar-refractivity contribution in [1.29, 1.82) is 0 Å². The Morgan fingerprint density at radius 3 is 2.84 bits per heavy atom. The lowest BCUT2D eigenvalue weighted by molar-refractivity contribution is 0.214. The average molecular weight is 341 g/mol. The Morgan fingerprint density at radius 2 is 2.04 bits per heavy atom. The van der Waals surface area contributed by atoms with Gasteiger partial charge in [-0.1, -0.05) is 0 Å². The number of hydrogen-bond donors (Lipinski definition) is 0. The van der Waals surface area contributed by atoms with Crippen molar-refractivity contribution < 1.29 is 13.5 Å². The van der Waals surface area contributed by atoms with Crippen molar-refractivity contribution in [3.8, 4) is 17.3 Å². The molecule has 4 rings (SSSR count). The number of rotatable bonds is 4. The van der Waals surface area contributed by atoms with Crippen molar-refractivity contribution >= 4 is 0 Å². The van der Waals surface area contributed by atoms with Gasteiger partial charge in [0.2, 0.25) is 17.7 Å². The zero-order valence-corrected chi connectivity index (χ0v) is 13.6. The summed E-state index contributed by atoms with van der Waals surface area (Å²) in [4.78, 5) is 10.7. The summed E-state index contributed by atoms with van der Waals surface area (Å²) in [7, 11) is 1.61. The minimum atomic E-state index is -0.299. The second-order valence-corrected chi connectivity index (χ2v) is 5.78. The van der Waals surface area contributed by atoms with Gasteiger partial charge in [0.15, 0.2) is 0 Å². The summed E-state index contributed by atoms with van der Waals surface area (Å²) in [5.74, 6) is 1.20. The predicted molar refractivity (Wildman–Crippen MR) is 86.1 cm³/mol. The molecular weight excluding hydrogens is 325 g/mol. The minimum absolute atomic E-state index is 0.299. The normalized spacial score (nSPS) is 14.3. The maximum absolute atomic E-state index is 13.0. The number of nitrogens with zero attached hydrogens (tertiary/aromatic N) is 5. The molecule has 7 nitrogen and oxygen atoms in total. The lowest BCUT2D eigenvalue weighted by atomic mass is 10.1. The van der Waals surface area contributed by atoms with E-state index < -0.39 is 0 Å². The van der Waals surface area contributed by atoms with Crippen LogP contribution in [0.5, 0.6) is 5.88 Å². The summed E-state index contributed by atoms with van der Waals surface area (Å²) in [6, 6.07) is 5.97. The highest BCUT2D eigenvalue weighted by molar-refractivity contribution is 5.51. The highest BCUT2D eigenvalue weighted by Gasteiger charge is 2.23. The van der Waals surface area contributed by atoms with E-state index in [1.165, 1.54) is 18.5 Å². The zero-order valence-electron chi connectivity index (χ0n) is 13.6. The van der Waals surface area contributed by atoms with Crippen LogP contribution in [0.2, 0.25) is 0 Å². The van der Waals surface area contributed by atoms with Crippen LogP contribution in [0.15, 0.2) is 35.0 Å². The Bertz CT molecular complexity index is 867. The predicted octanol–water partition coefficient (Wildman–Crippen LogP) is 2.23. The van der Waals surface area contributed by atoms with Crippen LogP contribution in [0.4, 0.5) is 4.39 Å². The lowest BCUT2D eigenvalue weighted by Gasteiger charge is -2.27. The van der Waals surface area contributed by atoms with E-state index in [-0.39, 0.29) is 5.82 Å². The van der Waals surface area contributed by atoms with Gasteiger partial charge in [-0.25, -0.2) is 14.4 Å². The summed E-state index contributed by atoms with van der Waals surface area (Å²) in [6.07, 6.45) is 2.34. The van der Waals surface area contributed by atoms with Gasteiger partial charge in [0, 0.05) is 30.6 Å². The van der Waals surface area contributed by atoms with Crippen molar-refractivity contribution in [3.63, 3.8) is 0 Å². The maximum atomic E-state index is 13.0. The van der Waals surface area contributed by atoms with E-state index in [0.29, 0.717) is 36.3 Å². The van der Waals surface area contributed by atoms with Gasteiger partial charge in [-0.05, 0) is 24.3 Å². The Hall–Kier alpha value is -2.87. The summed E-state index contributed by atoms with van der Waals surface area (Å²) >= 11 is 0. The molecule has 0 saturated carbocycles. The van der Waals surface area contributed by atoms with E-state index in [1.807, 2.05) is 0 Å². The Labute approximate surface area is 143 Å². The fourth-order valence-corrected chi connectivity index (χ4v) is 2.90. The van der Waals surface area contributed by atoms with E-state index >= 15 is 0 Å². The first kappa shape index (κ1) is 15.6. The number of halogens is 1.